The standard InChI is InChI=1S/C5H2ClOS/c6-5(7)4-2-1-3-8-4/h1-2H. The largest absolute Gasteiger partial charge is 0.275 e. The minimum atomic E-state index is -0.406. The highest BCUT2D eigenvalue weighted by atomic mass is 35.5. The quantitative estimate of drug-likeness (QED) is 0.552. The van der Waals surface area contributed by atoms with Crippen LogP contribution in [0.15, 0.2) is 12.1 Å². The van der Waals surface area contributed by atoms with E-state index in [4.69, 9.17) is 11.6 Å². The van der Waals surface area contributed by atoms with E-state index in [-0.39, 0.29) is 0 Å². The molecule has 0 spiro atoms. The zero-order chi connectivity index (χ0) is 5.98. The van der Waals surface area contributed by atoms with E-state index in [1.165, 1.54) is 11.3 Å². The Morgan fingerprint density at radius 3 is 2.88 bits per heavy atom. The Kier molecular flexibility index (Phi) is 1.65. The first kappa shape index (κ1) is 5.79. The van der Waals surface area contributed by atoms with E-state index in [0.717, 1.165) is 0 Å². The number of hydrogen-bond donors (Lipinski definition) is 0. The molecule has 0 aromatic carbocycles. The van der Waals surface area contributed by atoms with Crippen LogP contribution in [0.25, 0.3) is 0 Å². The summed E-state index contributed by atoms with van der Waals surface area (Å²) in [4.78, 5) is 10.8. The fourth-order valence-corrected chi connectivity index (χ4v) is 1.00. The van der Waals surface area contributed by atoms with Crippen molar-refractivity contribution >= 4 is 28.2 Å². The monoisotopic (exact) mass is 145 g/mol. The summed E-state index contributed by atoms with van der Waals surface area (Å²) in [5.41, 5.74) is 0. The third-order valence-electron chi connectivity index (χ3n) is 0.665. The molecule has 0 N–H and O–H groups in total. The van der Waals surface area contributed by atoms with Crippen molar-refractivity contribution < 1.29 is 4.79 Å². The van der Waals surface area contributed by atoms with Gasteiger partial charge in [0.1, 0.15) is 0 Å². The van der Waals surface area contributed by atoms with Crippen molar-refractivity contribution in [1.82, 2.24) is 0 Å². The maximum Gasteiger partial charge on any atom is 0.262 e. The number of halogens is 1. The average Bonchev–Trinajstić information content (AvgIpc) is 2.12. The van der Waals surface area contributed by atoms with Crippen molar-refractivity contribution in [2.24, 2.45) is 0 Å². The van der Waals surface area contributed by atoms with Crippen LogP contribution in [0.3, 0.4) is 0 Å². The van der Waals surface area contributed by atoms with Gasteiger partial charge in [-0.25, -0.2) is 0 Å². The summed E-state index contributed by atoms with van der Waals surface area (Å²) < 4.78 is 0. The van der Waals surface area contributed by atoms with Crippen LogP contribution in [0, 0.1) is 5.38 Å². The zero-order valence-corrected chi connectivity index (χ0v) is 5.42. The van der Waals surface area contributed by atoms with Gasteiger partial charge in [-0.05, 0) is 23.7 Å². The van der Waals surface area contributed by atoms with Crippen LogP contribution in [0.4, 0.5) is 0 Å². The molecule has 1 aromatic rings. The third kappa shape index (κ3) is 1.08. The Labute approximate surface area is 55.9 Å². The first-order valence-electron chi connectivity index (χ1n) is 1.96. The summed E-state index contributed by atoms with van der Waals surface area (Å²) in [6.45, 7) is 0. The molecule has 0 unspecified atom stereocenters. The number of hydrogen-bond acceptors (Lipinski definition) is 2. The summed E-state index contributed by atoms with van der Waals surface area (Å²) in [6, 6.07) is 3.31. The average molecular weight is 146 g/mol. The summed E-state index contributed by atoms with van der Waals surface area (Å²) in [5, 5.41) is 2.34. The Balaban J connectivity index is 2.93. The van der Waals surface area contributed by atoms with Crippen LogP contribution in [0.1, 0.15) is 9.67 Å². The lowest BCUT2D eigenvalue weighted by Crippen LogP contribution is -1.78. The smallest absolute Gasteiger partial charge is 0.262 e. The van der Waals surface area contributed by atoms with Crippen LogP contribution >= 0.6 is 22.9 Å². The molecule has 0 aliphatic heterocycles. The molecule has 0 fully saturated rings. The predicted octanol–water partition coefficient (Wildman–Crippen LogP) is 1.93. The van der Waals surface area contributed by atoms with Crippen molar-refractivity contribution in [3.8, 4) is 0 Å². The molecule has 0 aliphatic rings. The van der Waals surface area contributed by atoms with Gasteiger partial charge in [0.05, 0.1) is 4.88 Å². The van der Waals surface area contributed by atoms with Gasteiger partial charge in [0.15, 0.2) is 0 Å². The molecule has 1 radical (unpaired) electrons. The molecule has 0 aliphatic carbocycles. The molecule has 1 aromatic heterocycles. The van der Waals surface area contributed by atoms with Crippen LogP contribution in [-0.4, -0.2) is 5.24 Å². The highest BCUT2D eigenvalue weighted by molar-refractivity contribution is 7.13. The van der Waals surface area contributed by atoms with Crippen molar-refractivity contribution in [3.63, 3.8) is 0 Å². The van der Waals surface area contributed by atoms with Crippen molar-refractivity contribution in [2.75, 3.05) is 0 Å². The normalized spacial score (nSPS) is 9.12. The maximum atomic E-state index is 10.3. The number of thiophene rings is 1. The Morgan fingerprint density at radius 2 is 2.62 bits per heavy atom. The van der Waals surface area contributed by atoms with Crippen molar-refractivity contribution in [2.45, 2.75) is 0 Å². The molecular weight excluding hydrogens is 144 g/mol. The highest BCUT2D eigenvalue weighted by Crippen LogP contribution is 2.09. The van der Waals surface area contributed by atoms with E-state index in [1.807, 2.05) is 0 Å². The van der Waals surface area contributed by atoms with E-state index < -0.39 is 5.24 Å². The minimum Gasteiger partial charge on any atom is -0.275 e. The van der Waals surface area contributed by atoms with Gasteiger partial charge >= 0.3 is 0 Å². The summed E-state index contributed by atoms with van der Waals surface area (Å²) >= 11 is 6.32. The molecule has 8 heavy (non-hydrogen) atoms. The predicted molar refractivity (Wildman–Crippen MR) is 33.3 cm³/mol. The molecule has 1 nitrogen and oxygen atoms in total. The molecule has 41 valence electrons. The lowest BCUT2D eigenvalue weighted by atomic mass is 10.5. The summed E-state index contributed by atoms with van der Waals surface area (Å²) in [7, 11) is 0. The number of rotatable bonds is 1. The van der Waals surface area contributed by atoms with E-state index in [2.05, 4.69) is 5.38 Å². The second-order valence-corrected chi connectivity index (χ2v) is 2.41. The number of carbonyl (C=O) groups is 1. The molecule has 3 heteroatoms. The van der Waals surface area contributed by atoms with E-state index in [1.54, 1.807) is 12.1 Å². The lowest BCUT2D eigenvalue weighted by Gasteiger charge is -1.76. The molecule has 1 heterocycles. The summed E-state index contributed by atoms with van der Waals surface area (Å²) in [5.74, 6) is 0. The molecular formula is C5H2ClOS. The third-order valence-corrected chi connectivity index (χ3v) is 1.78. The Hall–Kier alpha value is -0.340. The topological polar surface area (TPSA) is 17.1 Å². The van der Waals surface area contributed by atoms with Gasteiger partial charge in [-0.1, -0.05) is 0 Å². The molecule has 0 bridgehead atoms. The van der Waals surface area contributed by atoms with Gasteiger partial charge < -0.3 is 0 Å². The van der Waals surface area contributed by atoms with E-state index >= 15 is 0 Å². The Morgan fingerprint density at radius 1 is 1.88 bits per heavy atom. The molecule has 0 amide bonds. The van der Waals surface area contributed by atoms with Gasteiger partial charge in [0, 0.05) is 5.38 Å². The van der Waals surface area contributed by atoms with Gasteiger partial charge in [0.2, 0.25) is 0 Å². The maximum absolute atomic E-state index is 10.3. The fourth-order valence-electron chi connectivity index (χ4n) is 0.347. The lowest BCUT2D eigenvalue weighted by molar-refractivity contribution is 0.108. The fraction of sp³-hybridized carbons (Fsp3) is 0. The molecule has 0 saturated heterocycles. The van der Waals surface area contributed by atoms with E-state index in [0.29, 0.717) is 4.88 Å². The SMILES string of the molecule is O=C(Cl)c1cc[c]s1. The van der Waals surface area contributed by atoms with Gasteiger partial charge in [-0.15, -0.1) is 11.3 Å². The second-order valence-electron chi connectivity index (χ2n) is 1.19. The molecule has 1 rings (SSSR count). The minimum absolute atomic E-state index is 0.406. The zero-order valence-electron chi connectivity index (χ0n) is 3.85. The highest BCUT2D eigenvalue weighted by Gasteiger charge is 1.98. The van der Waals surface area contributed by atoms with Crippen LogP contribution < -0.4 is 0 Å². The molecule has 0 atom stereocenters. The first-order chi connectivity index (χ1) is 3.80. The summed E-state index contributed by atoms with van der Waals surface area (Å²) in [6.07, 6.45) is 0. The second kappa shape index (κ2) is 2.29. The van der Waals surface area contributed by atoms with Crippen molar-refractivity contribution in [1.29, 1.82) is 0 Å². The molecule has 0 saturated carbocycles. The van der Waals surface area contributed by atoms with E-state index in [9.17, 15) is 4.79 Å². The van der Waals surface area contributed by atoms with Crippen LogP contribution in [-0.2, 0) is 0 Å². The Bertz CT molecular complexity index is 180. The number of carbonyl (C=O) groups excluding carboxylic acids is 1. The van der Waals surface area contributed by atoms with Gasteiger partial charge in [0.25, 0.3) is 5.24 Å². The van der Waals surface area contributed by atoms with Crippen LogP contribution in [0.5, 0.6) is 0 Å². The van der Waals surface area contributed by atoms with Gasteiger partial charge in [-0.3, -0.25) is 4.79 Å². The van der Waals surface area contributed by atoms with Gasteiger partial charge in [-0.2, -0.15) is 0 Å². The first-order valence-corrected chi connectivity index (χ1v) is 3.16. The van der Waals surface area contributed by atoms with Crippen molar-refractivity contribution in [3.05, 3.63) is 22.4 Å². The van der Waals surface area contributed by atoms with Crippen LogP contribution in [0.2, 0.25) is 0 Å².